The van der Waals surface area contributed by atoms with Crippen molar-refractivity contribution >= 4 is 27.5 Å². The number of benzene rings is 2. The Bertz CT molecular complexity index is 881. The van der Waals surface area contributed by atoms with Crippen molar-refractivity contribution in [2.45, 2.75) is 20.0 Å². The standard InChI is InChI=1S/C18H17BrN4O2/c1-12-4-3-5-15(8-12)25-13(2)18(24)22-16-9-14(19)6-7-17(16)23-11-20-10-21-23/h3-11,13H,1-2H3,(H,22,24). The minimum Gasteiger partial charge on any atom is -0.481 e. The second kappa shape index (κ2) is 7.48. The molecule has 3 aromatic rings. The minimum absolute atomic E-state index is 0.249. The van der Waals surface area contributed by atoms with Gasteiger partial charge in [0.25, 0.3) is 5.91 Å². The Morgan fingerprint density at radius 3 is 2.84 bits per heavy atom. The number of rotatable bonds is 5. The van der Waals surface area contributed by atoms with Crippen LogP contribution in [-0.2, 0) is 4.79 Å². The van der Waals surface area contributed by atoms with Crippen LogP contribution in [0.1, 0.15) is 12.5 Å². The zero-order chi connectivity index (χ0) is 17.8. The number of hydrogen-bond donors (Lipinski definition) is 1. The van der Waals surface area contributed by atoms with E-state index in [-0.39, 0.29) is 5.91 Å². The third-order valence-corrected chi connectivity index (χ3v) is 4.05. The molecular formula is C18H17BrN4O2. The van der Waals surface area contributed by atoms with Gasteiger partial charge in [-0.05, 0) is 49.7 Å². The number of ether oxygens (including phenoxy) is 1. The molecule has 0 aliphatic rings. The summed E-state index contributed by atoms with van der Waals surface area (Å²) in [5.74, 6) is 0.411. The fraction of sp³-hybridized carbons (Fsp3) is 0.167. The maximum atomic E-state index is 12.5. The van der Waals surface area contributed by atoms with Gasteiger partial charge in [-0.25, -0.2) is 9.67 Å². The summed E-state index contributed by atoms with van der Waals surface area (Å²) in [6.07, 6.45) is 2.37. The maximum Gasteiger partial charge on any atom is 0.265 e. The number of aromatic nitrogens is 3. The Hall–Kier alpha value is -2.67. The zero-order valence-corrected chi connectivity index (χ0v) is 15.4. The monoisotopic (exact) mass is 400 g/mol. The second-order valence-corrected chi connectivity index (χ2v) is 6.48. The van der Waals surface area contributed by atoms with E-state index in [1.54, 1.807) is 17.9 Å². The van der Waals surface area contributed by atoms with Crippen LogP contribution in [0.25, 0.3) is 5.69 Å². The van der Waals surface area contributed by atoms with Crippen molar-refractivity contribution < 1.29 is 9.53 Å². The van der Waals surface area contributed by atoms with Crippen LogP contribution in [0.15, 0.2) is 59.6 Å². The molecule has 25 heavy (non-hydrogen) atoms. The molecule has 1 amide bonds. The van der Waals surface area contributed by atoms with E-state index in [0.717, 1.165) is 15.7 Å². The van der Waals surface area contributed by atoms with Crippen LogP contribution in [0.4, 0.5) is 5.69 Å². The highest BCUT2D eigenvalue weighted by molar-refractivity contribution is 9.10. The summed E-state index contributed by atoms with van der Waals surface area (Å²) >= 11 is 3.42. The smallest absolute Gasteiger partial charge is 0.265 e. The quantitative estimate of drug-likeness (QED) is 0.707. The first kappa shape index (κ1) is 17.2. The fourth-order valence-electron chi connectivity index (χ4n) is 2.32. The molecule has 1 N–H and O–H groups in total. The lowest BCUT2D eigenvalue weighted by atomic mass is 10.2. The predicted octanol–water partition coefficient (Wildman–Crippen LogP) is 3.74. The number of aryl methyl sites for hydroxylation is 1. The summed E-state index contributed by atoms with van der Waals surface area (Å²) in [5, 5.41) is 7.01. The van der Waals surface area contributed by atoms with Crippen LogP contribution < -0.4 is 10.1 Å². The highest BCUT2D eigenvalue weighted by Gasteiger charge is 2.17. The lowest BCUT2D eigenvalue weighted by molar-refractivity contribution is -0.122. The highest BCUT2D eigenvalue weighted by atomic mass is 79.9. The molecule has 1 atom stereocenters. The van der Waals surface area contributed by atoms with Crippen LogP contribution in [0, 0.1) is 6.92 Å². The summed E-state index contributed by atoms with van der Waals surface area (Å²) in [6, 6.07) is 13.1. The first-order chi connectivity index (χ1) is 12.0. The Morgan fingerprint density at radius 1 is 1.28 bits per heavy atom. The number of amides is 1. The third kappa shape index (κ3) is 4.24. The number of carbonyl (C=O) groups excluding carboxylic acids is 1. The molecule has 1 aromatic heterocycles. The SMILES string of the molecule is Cc1cccc(OC(C)C(=O)Nc2cc(Br)ccc2-n2cncn2)c1. The van der Waals surface area contributed by atoms with Gasteiger partial charge in [-0.15, -0.1) is 0 Å². The Morgan fingerprint density at radius 2 is 2.12 bits per heavy atom. The zero-order valence-electron chi connectivity index (χ0n) is 13.8. The molecule has 0 saturated heterocycles. The van der Waals surface area contributed by atoms with Crippen LogP contribution in [0.5, 0.6) is 5.75 Å². The topological polar surface area (TPSA) is 69.0 Å². The maximum absolute atomic E-state index is 12.5. The number of carbonyl (C=O) groups is 1. The molecule has 0 radical (unpaired) electrons. The normalized spacial score (nSPS) is 11.8. The molecule has 0 aliphatic heterocycles. The van der Waals surface area contributed by atoms with Gasteiger partial charge in [0.2, 0.25) is 0 Å². The molecule has 0 bridgehead atoms. The molecule has 2 aromatic carbocycles. The molecule has 0 saturated carbocycles. The van der Waals surface area contributed by atoms with Gasteiger partial charge < -0.3 is 10.1 Å². The van der Waals surface area contributed by atoms with E-state index >= 15 is 0 Å². The predicted molar refractivity (Wildman–Crippen MR) is 99.0 cm³/mol. The van der Waals surface area contributed by atoms with Crippen molar-refractivity contribution in [3.63, 3.8) is 0 Å². The van der Waals surface area contributed by atoms with Gasteiger partial charge in [-0.2, -0.15) is 5.10 Å². The third-order valence-electron chi connectivity index (χ3n) is 3.55. The summed E-state index contributed by atoms with van der Waals surface area (Å²) in [4.78, 5) is 16.5. The number of hydrogen-bond acceptors (Lipinski definition) is 4. The van der Waals surface area contributed by atoms with Crippen LogP contribution >= 0.6 is 15.9 Å². The number of nitrogens with zero attached hydrogens (tertiary/aromatic N) is 3. The van der Waals surface area contributed by atoms with Crippen molar-refractivity contribution in [3.8, 4) is 11.4 Å². The van der Waals surface area contributed by atoms with Crippen LogP contribution in [0.2, 0.25) is 0 Å². The molecule has 7 heteroatoms. The van der Waals surface area contributed by atoms with Gasteiger partial charge in [0.15, 0.2) is 6.10 Å². The summed E-state index contributed by atoms with van der Waals surface area (Å²) in [5.41, 5.74) is 2.41. The lowest BCUT2D eigenvalue weighted by Gasteiger charge is -2.17. The largest absolute Gasteiger partial charge is 0.481 e. The number of anilines is 1. The number of nitrogens with one attached hydrogen (secondary N) is 1. The molecule has 3 rings (SSSR count). The van der Waals surface area contributed by atoms with Gasteiger partial charge in [-0.3, -0.25) is 4.79 Å². The van der Waals surface area contributed by atoms with Crippen molar-refractivity contribution in [1.29, 1.82) is 0 Å². The first-order valence-corrected chi connectivity index (χ1v) is 8.51. The Labute approximate surface area is 154 Å². The van der Waals surface area contributed by atoms with Gasteiger partial charge in [0, 0.05) is 4.47 Å². The van der Waals surface area contributed by atoms with E-state index in [4.69, 9.17) is 4.74 Å². The minimum atomic E-state index is -0.649. The molecule has 1 heterocycles. The van der Waals surface area contributed by atoms with Gasteiger partial charge in [-0.1, -0.05) is 28.1 Å². The molecule has 6 nitrogen and oxygen atoms in total. The van der Waals surface area contributed by atoms with Crippen molar-refractivity contribution in [2.24, 2.45) is 0 Å². The Kier molecular flexibility index (Phi) is 5.14. The van der Waals surface area contributed by atoms with Crippen LogP contribution in [0.3, 0.4) is 0 Å². The summed E-state index contributed by atoms with van der Waals surface area (Å²) in [6.45, 7) is 3.69. The summed E-state index contributed by atoms with van der Waals surface area (Å²) < 4.78 is 8.17. The molecule has 1 unspecified atom stereocenters. The first-order valence-electron chi connectivity index (χ1n) is 7.71. The van der Waals surface area contributed by atoms with Crippen LogP contribution in [-0.4, -0.2) is 26.8 Å². The van der Waals surface area contributed by atoms with Gasteiger partial charge in [0.05, 0.1) is 11.4 Å². The van der Waals surface area contributed by atoms with E-state index in [1.165, 1.54) is 6.33 Å². The molecule has 0 fully saturated rings. The molecule has 0 spiro atoms. The van der Waals surface area contributed by atoms with E-state index < -0.39 is 6.10 Å². The lowest BCUT2D eigenvalue weighted by Crippen LogP contribution is -2.30. The fourth-order valence-corrected chi connectivity index (χ4v) is 2.68. The van der Waals surface area contributed by atoms with E-state index in [2.05, 4.69) is 31.3 Å². The van der Waals surface area contributed by atoms with E-state index in [1.807, 2.05) is 49.4 Å². The van der Waals surface area contributed by atoms with Crippen molar-refractivity contribution in [3.05, 3.63) is 65.2 Å². The average molecular weight is 401 g/mol. The van der Waals surface area contributed by atoms with Crippen molar-refractivity contribution in [1.82, 2.24) is 14.8 Å². The van der Waals surface area contributed by atoms with E-state index in [0.29, 0.717) is 11.4 Å². The molecule has 128 valence electrons. The van der Waals surface area contributed by atoms with E-state index in [9.17, 15) is 4.79 Å². The van der Waals surface area contributed by atoms with Gasteiger partial charge >= 0.3 is 0 Å². The summed E-state index contributed by atoms with van der Waals surface area (Å²) in [7, 11) is 0. The second-order valence-electron chi connectivity index (χ2n) is 5.57. The Balaban J connectivity index is 1.77. The number of halogens is 1. The average Bonchev–Trinajstić information content (AvgIpc) is 3.09. The highest BCUT2D eigenvalue weighted by Crippen LogP contribution is 2.25. The van der Waals surface area contributed by atoms with Gasteiger partial charge in [0.1, 0.15) is 18.4 Å². The molecular weight excluding hydrogens is 384 g/mol. The molecule has 0 aliphatic carbocycles. The van der Waals surface area contributed by atoms with Crippen molar-refractivity contribution in [2.75, 3.05) is 5.32 Å².